The summed E-state index contributed by atoms with van der Waals surface area (Å²) in [5.41, 5.74) is 11.5. The molecule has 6 fully saturated rings. The van der Waals surface area contributed by atoms with Crippen molar-refractivity contribution in [1.29, 1.82) is 0 Å². The molecule has 0 aromatic carbocycles. The molecule has 0 unspecified atom stereocenters. The van der Waals surface area contributed by atoms with E-state index in [9.17, 15) is 0 Å². The van der Waals surface area contributed by atoms with Crippen LogP contribution in [0.3, 0.4) is 0 Å². The fraction of sp³-hybridized carbons (Fsp3) is 0.927. The summed E-state index contributed by atoms with van der Waals surface area (Å²) in [5.74, 6) is 0. The monoisotopic (exact) mass is 803 g/mol. The maximum atomic E-state index is 3.94. The number of rotatable bonds is 7. The molecule has 0 amide bonds. The molecule has 273 valence electrons. The van der Waals surface area contributed by atoms with Gasteiger partial charge in [-0.2, -0.15) is 0 Å². The first-order valence-electron chi connectivity index (χ1n) is 20.0. The molecule has 0 aromatic heterocycles. The van der Waals surface area contributed by atoms with Crippen LogP contribution in [0.2, 0.25) is 11.0 Å². The molecule has 5 heteroatoms. The molecule has 0 N–H and O–H groups in total. The molecule has 0 nitrogen and oxygen atoms in total. The Morgan fingerprint density at radius 1 is 0.370 bits per heavy atom. The topological polar surface area (TPSA) is 0 Å². The van der Waals surface area contributed by atoms with Gasteiger partial charge in [0.25, 0.3) is 0 Å². The summed E-state index contributed by atoms with van der Waals surface area (Å²) in [4.78, 5) is 0. The van der Waals surface area contributed by atoms with E-state index in [-0.39, 0.29) is 24.8 Å². The van der Waals surface area contributed by atoms with Crippen LogP contribution in [0.5, 0.6) is 0 Å². The molecule has 0 spiro atoms. The summed E-state index contributed by atoms with van der Waals surface area (Å²) >= 11 is -1.38. The summed E-state index contributed by atoms with van der Waals surface area (Å²) in [6.45, 7) is 3.64. The molecule has 0 saturated heterocycles. The van der Waals surface area contributed by atoms with Crippen molar-refractivity contribution in [3.63, 3.8) is 0 Å². The van der Waals surface area contributed by atoms with Crippen molar-refractivity contribution >= 4 is 21.0 Å². The average Bonchev–Trinajstić information content (AvgIpc) is 3.08. The van der Waals surface area contributed by atoms with E-state index >= 15 is 0 Å². The predicted molar refractivity (Wildman–Crippen MR) is 204 cm³/mol. The first-order valence-corrected chi connectivity index (χ1v) is 28.8. The summed E-state index contributed by atoms with van der Waals surface area (Å²) in [6, 6.07) is 0. The van der Waals surface area contributed by atoms with Crippen LogP contribution in [0.4, 0.5) is 0 Å². The molecule has 6 saturated carbocycles. The maximum absolute atomic E-state index is 3.94. The van der Waals surface area contributed by atoms with E-state index in [1.54, 1.807) is 154 Å². The van der Waals surface area contributed by atoms with Crippen LogP contribution in [0.15, 0.2) is 11.2 Å². The molecule has 6 aliphatic carbocycles. The Kier molecular flexibility index (Phi) is 23.6. The third-order valence-electron chi connectivity index (χ3n) is 12.4. The molecular weight excluding hydrogens is 726 g/mol. The fourth-order valence-corrected chi connectivity index (χ4v) is 19.4. The van der Waals surface area contributed by atoms with Gasteiger partial charge >= 0.3 is 41.7 Å². The Hall–Kier alpha value is 1.67. The molecule has 6 rings (SSSR count). The van der Waals surface area contributed by atoms with Gasteiger partial charge in [0.2, 0.25) is 0 Å². The molecule has 0 bridgehead atoms. The van der Waals surface area contributed by atoms with Crippen LogP contribution >= 0.6 is 15.8 Å². The van der Waals surface area contributed by atoms with E-state index < -0.39 is 14.3 Å². The second-order valence-electron chi connectivity index (χ2n) is 16.2. The zero-order valence-electron chi connectivity index (χ0n) is 30.7. The molecule has 6 aliphatic rings. The van der Waals surface area contributed by atoms with Crippen molar-refractivity contribution in [1.82, 2.24) is 0 Å². The first-order chi connectivity index (χ1) is 21.5. The van der Waals surface area contributed by atoms with E-state index in [0.717, 1.165) is 0 Å². The van der Waals surface area contributed by atoms with Gasteiger partial charge in [-0.15, -0.1) is 0 Å². The Balaban J connectivity index is 0.000000263. The molecule has 0 heterocycles. The number of hydrogen-bond acceptors (Lipinski definition) is 0. The first kappa shape index (κ1) is 43.8. The summed E-state index contributed by atoms with van der Waals surface area (Å²) in [6.07, 6.45) is 47.2. The van der Waals surface area contributed by atoms with Gasteiger partial charge in [-0.25, -0.2) is 0 Å². The van der Waals surface area contributed by atoms with Gasteiger partial charge in [0, 0.05) is 0 Å². The van der Waals surface area contributed by atoms with Crippen molar-refractivity contribution < 1.29 is 39.1 Å². The minimum atomic E-state index is -1.38. The van der Waals surface area contributed by atoms with Crippen LogP contribution in [-0.2, 0) is 14.3 Å². The van der Waals surface area contributed by atoms with Crippen molar-refractivity contribution in [2.45, 2.75) is 238 Å². The van der Waals surface area contributed by atoms with Gasteiger partial charge in [-0.3, -0.25) is 0 Å². The van der Waals surface area contributed by atoms with Crippen LogP contribution in [-0.4, -0.2) is 39.1 Å². The summed E-state index contributed by atoms with van der Waals surface area (Å²) in [7, 11) is 0.770. The van der Waals surface area contributed by atoms with E-state index in [0.29, 0.717) is 15.8 Å². The van der Waals surface area contributed by atoms with Gasteiger partial charge in [0.15, 0.2) is 0 Å². The molecule has 0 aliphatic heterocycles. The average molecular weight is 804 g/mol. The fourth-order valence-electron chi connectivity index (χ4n) is 10.1. The number of halogens is 2. The largest absolute Gasteiger partial charge is 1.00 e. The normalized spacial score (nSPS) is 25.3. The Morgan fingerprint density at radius 2 is 0.500 bits per heavy atom. The summed E-state index contributed by atoms with van der Waals surface area (Å²) < 4.78 is 2.00. The SMILES string of the molecule is C1CCC(P(C2CCCCC2)C2CCCCC2)CC1.C1CCC(P(C2CCCCC2)C2CCCCC2)CC1.C=[CH][Ru+2](=[CH2])([CH3])[CH3].[Cl-].[Cl-]. The van der Waals surface area contributed by atoms with Crippen molar-refractivity contribution in [3.05, 3.63) is 11.2 Å². The van der Waals surface area contributed by atoms with E-state index in [1.165, 1.54) is 72.5 Å². The minimum absolute atomic E-state index is 0. The van der Waals surface area contributed by atoms with Gasteiger partial charge < -0.3 is 24.8 Å². The molecule has 0 atom stereocenters. The summed E-state index contributed by atoms with van der Waals surface area (Å²) in [5, 5.41) is 3.94. The maximum Gasteiger partial charge on any atom is -1.00 e. The van der Waals surface area contributed by atoms with Crippen molar-refractivity contribution in [2.24, 2.45) is 0 Å². The Morgan fingerprint density at radius 3 is 0.609 bits per heavy atom. The van der Waals surface area contributed by atoms with Crippen LogP contribution in [0.1, 0.15) is 193 Å². The second kappa shape index (κ2) is 24.8. The van der Waals surface area contributed by atoms with E-state index in [1.807, 2.05) is 4.67 Å². The standard InChI is InChI=1S/2C18H33P.C2H3.2CH3.CH2.2ClH.Ru/c2*1-4-10-16(11-5-1)19(17-12-6-2-7-13-17)18-14-8-3-9-15-18;1-2;;;;;;/h2*16-18H,1-15H2;1H,2H2;2*1H3;1H2;2*1H;/q;;;;;;;;+2/p-2. The van der Waals surface area contributed by atoms with Crippen molar-refractivity contribution in [3.8, 4) is 0 Å². The van der Waals surface area contributed by atoms with Crippen molar-refractivity contribution in [2.75, 3.05) is 0 Å². The zero-order chi connectivity index (χ0) is 31.0. The molecule has 0 aromatic rings. The number of hydrogen-bond donors (Lipinski definition) is 0. The smallest absolute Gasteiger partial charge is 1.00 e. The molecular formula is C41H77Cl2P2Ru. The van der Waals surface area contributed by atoms with Gasteiger partial charge in [-0.1, -0.05) is 131 Å². The Bertz CT molecular complexity index is 654. The Labute approximate surface area is 307 Å². The van der Waals surface area contributed by atoms with Gasteiger partial charge in [0.05, 0.1) is 0 Å². The van der Waals surface area contributed by atoms with Crippen LogP contribution in [0.25, 0.3) is 0 Å². The third-order valence-corrected chi connectivity index (χ3v) is 22.4. The van der Waals surface area contributed by atoms with Crippen LogP contribution in [0, 0.1) is 0 Å². The molecule has 0 radical (unpaired) electrons. The van der Waals surface area contributed by atoms with E-state index in [4.69, 9.17) is 0 Å². The zero-order valence-corrected chi connectivity index (χ0v) is 35.7. The predicted octanol–water partition coefficient (Wildman–Crippen LogP) is 8.75. The molecule has 46 heavy (non-hydrogen) atoms. The minimum Gasteiger partial charge on any atom is -1.00 e. The van der Waals surface area contributed by atoms with Gasteiger partial charge in [-0.05, 0) is 111 Å². The quantitative estimate of drug-likeness (QED) is 0.179. The van der Waals surface area contributed by atoms with Gasteiger partial charge in [0.1, 0.15) is 0 Å². The van der Waals surface area contributed by atoms with E-state index in [2.05, 4.69) is 22.7 Å². The second-order valence-corrected chi connectivity index (χ2v) is 30.0. The van der Waals surface area contributed by atoms with Crippen LogP contribution < -0.4 is 24.8 Å². The third kappa shape index (κ3) is 15.5.